The first-order valence-corrected chi connectivity index (χ1v) is 5.88. The molecule has 0 N–H and O–H groups in total. The third-order valence-corrected chi connectivity index (χ3v) is 3.57. The fourth-order valence-electron chi connectivity index (χ4n) is 2.12. The number of ether oxygens (including phenoxy) is 1. The largest absolute Gasteiger partial charge is 0.468 e. The number of rotatable bonds is 2. The molecule has 0 aliphatic heterocycles. The number of allylic oxidation sites excluding steroid dienone is 2. The monoisotopic (exact) mass is 236 g/mol. The van der Waals surface area contributed by atoms with Crippen LogP contribution in [-0.4, -0.2) is 18.9 Å². The normalized spacial score (nSPS) is 24.4. The zero-order valence-corrected chi connectivity index (χ0v) is 9.97. The van der Waals surface area contributed by atoms with Gasteiger partial charge in [0.25, 0.3) is 0 Å². The Bertz CT molecular complexity index is 459. The van der Waals surface area contributed by atoms with E-state index < -0.39 is 11.4 Å². The standard InChI is InChI=1S/C12H12O3S/c1-8-5-10(13)12(6-8,11(14)15-2)9-3-4-16-7-9/h3-5,7H,6H2,1-2H3. The summed E-state index contributed by atoms with van der Waals surface area (Å²) in [5.41, 5.74) is 0.530. The van der Waals surface area contributed by atoms with Gasteiger partial charge in [-0.3, -0.25) is 9.59 Å². The number of hydrogen-bond donors (Lipinski definition) is 0. The summed E-state index contributed by atoms with van der Waals surface area (Å²) in [7, 11) is 1.32. The van der Waals surface area contributed by atoms with Crippen LogP contribution in [0.1, 0.15) is 18.9 Å². The molecule has 0 fully saturated rings. The first kappa shape index (κ1) is 11.1. The molecule has 0 aromatic carbocycles. The molecular formula is C12H12O3S. The average Bonchev–Trinajstić information content (AvgIpc) is 2.85. The number of ketones is 1. The van der Waals surface area contributed by atoms with Crippen LogP contribution in [0.3, 0.4) is 0 Å². The minimum absolute atomic E-state index is 0.171. The molecule has 0 amide bonds. The van der Waals surface area contributed by atoms with E-state index in [2.05, 4.69) is 0 Å². The van der Waals surface area contributed by atoms with Crippen LogP contribution in [0.25, 0.3) is 0 Å². The summed E-state index contributed by atoms with van der Waals surface area (Å²) >= 11 is 1.47. The molecule has 16 heavy (non-hydrogen) atoms. The van der Waals surface area contributed by atoms with Crippen molar-refractivity contribution in [2.75, 3.05) is 7.11 Å². The van der Waals surface area contributed by atoms with Crippen LogP contribution in [0.5, 0.6) is 0 Å². The SMILES string of the molecule is COC(=O)C1(c2ccsc2)CC(C)=CC1=O. The predicted octanol–water partition coefficient (Wildman–Crippen LogP) is 2.08. The zero-order valence-electron chi connectivity index (χ0n) is 9.15. The second-order valence-electron chi connectivity index (χ2n) is 3.94. The van der Waals surface area contributed by atoms with Crippen molar-refractivity contribution in [2.45, 2.75) is 18.8 Å². The quantitative estimate of drug-likeness (QED) is 0.583. The molecule has 1 aliphatic carbocycles. The lowest BCUT2D eigenvalue weighted by atomic mass is 9.78. The topological polar surface area (TPSA) is 43.4 Å². The van der Waals surface area contributed by atoms with Gasteiger partial charge in [0.05, 0.1) is 7.11 Å². The average molecular weight is 236 g/mol. The van der Waals surface area contributed by atoms with Crippen molar-refractivity contribution >= 4 is 23.1 Å². The lowest BCUT2D eigenvalue weighted by molar-refractivity contribution is -0.150. The summed E-state index contributed by atoms with van der Waals surface area (Å²) in [6.07, 6.45) is 1.96. The van der Waals surface area contributed by atoms with E-state index in [0.717, 1.165) is 11.1 Å². The van der Waals surface area contributed by atoms with Crippen LogP contribution in [0.4, 0.5) is 0 Å². The molecule has 1 unspecified atom stereocenters. The molecule has 1 aromatic rings. The van der Waals surface area contributed by atoms with E-state index in [0.29, 0.717) is 6.42 Å². The van der Waals surface area contributed by atoms with Gasteiger partial charge in [0, 0.05) is 0 Å². The number of carbonyl (C=O) groups excluding carboxylic acids is 2. The van der Waals surface area contributed by atoms with Gasteiger partial charge in [-0.15, -0.1) is 0 Å². The van der Waals surface area contributed by atoms with E-state index in [1.54, 1.807) is 0 Å². The Morgan fingerprint density at radius 3 is 2.75 bits per heavy atom. The lowest BCUT2D eigenvalue weighted by Crippen LogP contribution is -2.41. The summed E-state index contributed by atoms with van der Waals surface area (Å²) in [4.78, 5) is 24.0. The molecule has 0 saturated carbocycles. The first-order valence-electron chi connectivity index (χ1n) is 4.94. The number of esters is 1. The van der Waals surface area contributed by atoms with Crippen LogP contribution >= 0.6 is 11.3 Å². The van der Waals surface area contributed by atoms with Crippen LogP contribution in [0.2, 0.25) is 0 Å². The zero-order chi connectivity index (χ0) is 11.8. The summed E-state index contributed by atoms with van der Waals surface area (Å²) in [6, 6.07) is 1.81. The van der Waals surface area contributed by atoms with E-state index in [1.165, 1.54) is 24.5 Å². The second kappa shape index (κ2) is 3.87. The summed E-state index contributed by atoms with van der Waals surface area (Å²) in [5.74, 6) is -0.640. The van der Waals surface area contributed by atoms with E-state index >= 15 is 0 Å². The molecule has 2 rings (SSSR count). The number of hydrogen-bond acceptors (Lipinski definition) is 4. The molecule has 1 aromatic heterocycles. The van der Waals surface area contributed by atoms with Gasteiger partial charge in [-0.2, -0.15) is 11.3 Å². The smallest absolute Gasteiger partial charge is 0.324 e. The highest BCUT2D eigenvalue weighted by Crippen LogP contribution is 2.39. The Kier molecular flexibility index (Phi) is 2.68. The molecule has 0 bridgehead atoms. The fourth-order valence-corrected chi connectivity index (χ4v) is 2.85. The van der Waals surface area contributed by atoms with Gasteiger partial charge in [0.1, 0.15) is 0 Å². The van der Waals surface area contributed by atoms with Gasteiger partial charge >= 0.3 is 5.97 Å². The molecule has 0 spiro atoms. The molecule has 0 radical (unpaired) electrons. The Balaban J connectivity index is 2.52. The number of methoxy groups -OCH3 is 1. The maximum Gasteiger partial charge on any atom is 0.324 e. The van der Waals surface area contributed by atoms with Crippen molar-refractivity contribution < 1.29 is 14.3 Å². The van der Waals surface area contributed by atoms with Crippen LogP contribution in [-0.2, 0) is 19.7 Å². The van der Waals surface area contributed by atoms with E-state index in [1.807, 2.05) is 23.8 Å². The summed E-state index contributed by atoms with van der Waals surface area (Å²) in [6.45, 7) is 1.86. The van der Waals surface area contributed by atoms with E-state index in [9.17, 15) is 9.59 Å². The molecule has 0 saturated heterocycles. The van der Waals surface area contributed by atoms with Crippen molar-refractivity contribution in [1.29, 1.82) is 0 Å². The van der Waals surface area contributed by atoms with E-state index in [4.69, 9.17) is 4.74 Å². The Hall–Kier alpha value is -1.42. The van der Waals surface area contributed by atoms with Crippen molar-refractivity contribution in [3.63, 3.8) is 0 Å². The minimum Gasteiger partial charge on any atom is -0.468 e. The number of carbonyl (C=O) groups is 2. The van der Waals surface area contributed by atoms with Gasteiger partial charge in [-0.05, 0) is 41.8 Å². The highest BCUT2D eigenvalue weighted by atomic mass is 32.1. The third-order valence-electron chi connectivity index (χ3n) is 2.89. The van der Waals surface area contributed by atoms with Gasteiger partial charge in [0.15, 0.2) is 11.2 Å². The third kappa shape index (κ3) is 1.41. The van der Waals surface area contributed by atoms with Crippen LogP contribution in [0.15, 0.2) is 28.5 Å². The minimum atomic E-state index is -1.13. The van der Waals surface area contributed by atoms with Gasteiger partial charge in [0.2, 0.25) is 0 Å². The molecule has 1 heterocycles. The molecule has 1 atom stereocenters. The molecule has 1 aliphatic rings. The highest BCUT2D eigenvalue weighted by Gasteiger charge is 2.50. The summed E-state index contributed by atoms with van der Waals surface area (Å²) < 4.78 is 4.79. The molecular weight excluding hydrogens is 224 g/mol. The Morgan fingerprint density at radius 1 is 1.56 bits per heavy atom. The van der Waals surface area contributed by atoms with Crippen molar-refractivity contribution in [3.8, 4) is 0 Å². The second-order valence-corrected chi connectivity index (χ2v) is 4.72. The van der Waals surface area contributed by atoms with Crippen molar-refractivity contribution in [2.24, 2.45) is 0 Å². The van der Waals surface area contributed by atoms with Gasteiger partial charge in [-0.1, -0.05) is 5.57 Å². The van der Waals surface area contributed by atoms with Gasteiger partial charge in [-0.25, -0.2) is 0 Å². The molecule has 3 nitrogen and oxygen atoms in total. The molecule has 84 valence electrons. The maximum absolute atomic E-state index is 12.0. The number of thiophene rings is 1. The molecule has 4 heteroatoms. The predicted molar refractivity (Wildman–Crippen MR) is 61.4 cm³/mol. The van der Waals surface area contributed by atoms with Gasteiger partial charge < -0.3 is 4.74 Å². The maximum atomic E-state index is 12.0. The first-order chi connectivity index (χ1) is 7.61. The van der Waals surface area contributed by atoms with Crippen LogP contribution in [0, 0.1) is 0 Å². The lowest BCUT2D eigenvalue weighted by Gasteiger charge is -2.23. The fraction of sp³-hybridized carbons (Fsp3) is 0.333. The highest BCUT2D eigenvalue weighted by molar-refractivity contribution is 7.08. The van der Waals surface area contributed by atoms with Crippen LogP contribution < -0.4 is 0 Å². The van der Waals surface area contributed by atoms with Crippen molar-refractivity contribution in [1.82, 2.24) is 0 Å². The Morgan fingerprint density at radius 2 is 2.31 bits per heavy atom. The summed E-state index contributed by atoms with van der Waals surface area (Å²) in [5, 5.41) is 3.70. The van der Waals surface area contributed by atoms with E-state index in [-0.39, 0.29) is 5.78 Å². The van der Waals surface area contributed by atoms with Crippen molar-refractivity contribution in [3.05, 3.63) is 34.0 Å². The Labute approximate surface area is 97.7 Å².